The molecule has 57 heavy (non-hydrogen) atoms. The molecule has 0 bridgehead atoms. The predicted octanol–water partition coefficient (Wildman–Crippen LogP) is 9.32. The van der Waals surface area contributed by atoms with Crippen LogP contribution in [0.1, 0.15) is 104 Å². The first-order valence-corrected chi connectivity index (χ1v) is 20.7. The summed E-state index contributed by atoms with van der Waals surface area (Å²) in [5.74, 6) is -2.55. The van der Waals surface area contributed by atoms with E-state index in [9.17, 15) is 19.5 Å². The number of hydrogen-bond acceptors (Lipinski definition) is 8. The number of unbranched alkanes of at least 4 members (excludes halogenated alkanes) is 1. The van der Waals surface area contributed by atoms with E-state index in [1.54, 1.807) is 6.08 Å². The first-order valence-electron chi connectivity index (χ1n) is 20.7. The minimum atomic E-state index is -1.66. The summed E-state index contributed by atoms with van der Waals surface area (Å²) in [6, 6.07) is 0. The maximum Gasteiger partial charge on any atom is 0.309 e. The second-order valence-corrected chi connectivity index (χ2v) is 14.2. The van der Waals surface area contributed by atoms with Crippen molar-refractivity contribution in [3.05, 3.63) is 122 Å². The lowest BCUT2D eigenvalue weighted by atomic mass is 10.2. The lowest BCUT2D eigenvalue weighted by Crippen LogP contribution is -2.44. The van der Waals surface area contributed by atoms with Crippen molar-refractivity contribution in [2.75, 3.05) is 47.5 Å². The van der Waals surface area contributed by atoms with Crippen molar-refractivity contribution in [3.8, 4) is 0 Å². The molecule has 0 amide bonds. The topological polar surface area (TPSA) is 111 Å². The number of esters is 2. The van der Waals surface area contributed by atoms with Gasteiger partial charge in [0.25, 0.3) is 0 Å². The molecular formula is C48H73NO8. The normalized spacial score (nSPS) is 14.2. The fraction of sp³-hybridized carbons (Fsp3) is 0.521. The number of allylic oxidation sites excluding steroid dienone is 19. The van der Waals surface area contributed by atoms with Crippen molar-refractivity contribution in [3.63, 3.8) is 0 Å². The van der Waals surface area contributed by atoms with Crippen LogP contribution in [-0.4, -0.2) is 82.3 Å². The van der Waals surface area contributed by atoms with Gasteiger partial charge < -0.3 is 33.3 Å². The lowest BCUT2D eigenvalue weighted by molar-refractivity contribution is -0.870. The van der Waals surface area contributed by atoms with Crippen molar-refractivity contribution < 1.29 is 42.9 Å². The largest absolute Gasteiger partial charge is 0.545 e. The molecule has 0 aliphatic heterocycles. The zero-order valence-corrected chi connectivity index (χ0v) is 35.6. The highest BCUT2D eigenvalue weighted by Gasteiger charge is 2.21. The number of carboxylic acid groups (broad SMARTS) is 1. The number of carbonyl (C=O) groups is 3. The van der Waals surface area contributed by atoms with E-state index in [1.165, 1.54) is 0 Å². The highest BCUT2D eigenvalue weighted by atomic mass is 16.7. The van der Waals surface area contributed by atoms with Crippen molar-refractivity contribution in [1.82, 2.24) is 0 Å². The number of aliphatic carboxylic acids is 1. The zero-order valence-electron chi connectivity index (χ0n) is 35.6. The quantitative estimate of drug-likeness (QED) is 0.0205. The van der Waals surface area contributed by atoms with Gasteiger partial charge in [-0.25, -0.2) is 0 Å². The molecule has 0 N–H and O–H groups in total. The summed E-state index contributed by atoms with van der Waals surface area (Å²) in [6.07, 6.45) is 49.9. The summed E-state index contributed by atoms with van der Waals surface area (Å²) in [5, 5.41) is 11.7. The van der Waals surface area contributed by atoms with Crippen molar-refractivity contribution in [2.24, 2.45) is 0 Å². The number of carboxylic acids is 1. The number of likely N-dealkylation sites (N-methyl/N-ethyl adjacent to an activating group) is 1. The van der Waals surface area contributed by atoms with E-state index >= 15 is 0 Å². The molecule has 318 valence electrons. The van der Waals surface area contributed by atoms with Crippen LogP contribution >= 0.6 is 0 Å². The van der Waals surface area contributed by atoms with Gasteiger partial charge in [-0.2, -0.15) is 0 Å². The van der Waals surface area contributed by atoms with Gasteiger partial charge in [-0.3, -0.25) is 9.59 Å². The van der Waals surface area contributed by atoms with Crippen LogP contribution in [0, 0.1) is 0 Å². The van der Waals surface area contributed by atoms with E-state index in [1.807, 2.05) is 39.4 Å². The molecule has 0 heterocycles. The fourth-order valence-electron chi connectivity index (χ4n) is 4.58. The van der Waals surface area contributed by atoms with Gasteiger partial charge in [-0.05, 0) is 77.0 Å². The molecule has 0 rings (SSSR count). The Morgan fingerprint density at radius 1 is 0.544 bits per heavy atom. The van der Waals surface area contributed by atoms with E-state index in [-0.39, 0.29) is 32.7 Å². The summed E-state index contributed by atoms with van der Waals surface area (Å²) in [5.41, 5.74) is 0. The molecular weight excluding hydrogens is 719 g/mol. The third-order valence-corrected chi connectivity index (χ3v) is 7.74. The number of ether oxygens (including phenoxy) is 4. The number of rotatable bonds is 35. The minimum absolute atomic E-state index is 0.0398. The molecule has 0 aliphatic carbocycles. The Balaban J connectivity index is 4.76. The van der Waals surface area contributed by atoms with Gasteiger partial charge in [-0.1, -0.05) is 135 Å². The molecule has 0 saturated heterocycles. The van der Waals surface area contributed by atoms with Crippen LogP contribution in [0.3, 0.4) is 0 Å². The van der Waals surface area contributed by atoms with E-state index in [0.29, 0.717) is 30.3 Å². The van der Waals surface area contributed by atoms with Crippen LogP contribution in [-0.2, 0) is 33.3 Å². The average Bonchev–Trinajstić information content (AvgIpc) is 3.17. The van der Waals surface area contributed by atoms with Crippen LogP contribution in [0.5, 0.6) is 0 Å². The van der Waals surface area contributed by atoms with E-state index in [2.05, 4.69) is 111 Å². The lowest BCUT2D eigenvalue weighted by Gasteiger charge is -2.26. The van der Waals surface area contributed by atoms with Gasteiger partial charge in [0.1, 0.15) is 13.2 Å². The standard InChI is InChI=1S/C48H73NO8/c1-6-8-10-12-14-16-18-20-22-23-25-27-29-31-33-35-37-39-46(51)57-44(43-56-48(47(52)53)54-41-40-49(3,4)5)42-55-45(50)38-36-34-32-30-28-26-24-21-19-17-15-13-11-9-7-2/h8-11,14-17,20-22,24-25,27-28,30-31,33-34,36,44,48H,6-7,12-13,18-19,23,26,29,32,35,37-43H2,1-5H3/b10-8-,11-9-,16-14-,17-15-,22-20-,24-21-,27-25-,30-28-,33-31-,36-34-. The molecule has 0 saturated carbocycles. The van der Waals surface area contributed by atoms with Crippen LogP contribution in [0.25, 0.3) is 0 Å². The fourth-order valence-corrected chi connectivity index (χ4v) is 4.58. The summed E-state index contributed by atoms with van der Waals surface area (Å²) in [7, 11) is 5.84. The Bertz CT molecular complexity index is 1340. The molecule has 0 aromatic heterocycles. The molecule has 2 unspecified atom stereocenters. The average molecular weight is 792 g/mol. The molecule has 0 aromatic rings. The van der Waals surface area contributed by atoms with E-state index < -0.39 is 30.3 Å². The zero-order chi connectivity index (χ0) is 42.1. The molecule has 9 nitrogen and oxygen atoms in total. The van der Waals surface area contributed by atoms with Gasteiger partial charge in [0, 0.05) is 6.42 Å². The number of nitrogens with zero attached hydrogens (tertiary/aromatic N) is 1. The molecule has 2 atom stereocenters. The van der Waals surface area contributed by atoms with Crippen molar-refractivity contribution in [1.29, 1.82) is 0 Å². The number of carbonyl (C=O) groups excluding carboxylic acids is 3. The third kappa shape index (κ3) is 39.7. The van der Waals surface area contributed by atoms with Crippen LogP contribution in [0.2, 0.25) is 0 Å². The molecule has 0 aliphatic rings. The Labute approximate surface area is 345 Å². The maximum atomic E-state index is 12.7. The Hall–Kier alpha value is -4.31. The first-order chi connectivity index (χ1) is 27.6. The van der Waals surface area contributed by atoms with Gasteiger partial charge in [-0.15, -0.1) is 0 Å². The van der Waals surface area contributed by atoms with Gasteiger partial charge >= 0.3 is 11.9 Å². The molecule has 0 spiro atoms. The Morgan fingerprint density at radius 3 is 1.39 bits per heavy atom. The number of quaternary nitrogens is 1. The second kappa shape index (κ2) is 38.6. The van der Waals surface area contributed by atoms with E-state index in [0.717, 1.165) is 57.8 Å². The monoisotopic (exact) mass is 792 g/mol. The molecule has 0 fully saturated rings. The first kappa shape index (κ1) is 52.7. The predicted molar refractivity (Wildman–Crippen MR) is 232 cm³/mol. The second-order valence-electron chi connectivity index (χ2n) is 14.2. The Morgan fingerprint density at radius 2 is 0.965 bits per heavy atom. The highest BCUT2D eigenvalue weighted by molar-refractivity contribution is 5.71. The van der Waals surface area contributed by atoms with Crippen LogP contribution in [0.4, 0.5) is 0 Å². The number of hydrogen-bond donors (Lipinski definition) is 0. The van der Waals surface area contributed by atoms with Crippen LogP contribution in [0.15, 0.2) is 122 Å². The molecule has 9 heteroatoms. The summed E-state index contributed by atoms with van der Waals surface area (Å²) in [4.78, 5) is 36.8. The van der Waals surface area contributed by atoms with E-state index in [4.69, 9.17) is 18.9 Å². The Kier molecular flexibility index (Phi) is 35.6. The van der Waals surface area contributed by atoms with Crippen molar-refractivity contribution in [2.45, 2.75) is 116 Å². The smallest absolute Gasteiger partial charge is 0.309 e. The summed E-state index contributed by atoms with van der Waals surface area (Å²) >= 11 is 0. The maximum absolute atomic E-state index is 12.7. The minimum Gasteiger partial charge on any atom is -0.545 e. The van der Waals surface area contributed by atoms with Gasteiger partial charge in [0.05, 0.1) is 46.7 Å². The van der Waals surface area contributed by atoms with Crippen molar-refractivity contribution >= 4 is 17.9 Å². The SMILES string of the molecule is CC/C=C\C/C=C\C/C=C\C/C=C\C/C=C\CCCC(=O)OC(COC(=O)C/C=C\C/C=C\C/C=C\C/C=C\C/C=C\CC)COC(OCC[N+](C)(C)C)C(=O)[O-]. The summed E-state index contributed by atoms with van der Waals surface area (Å²) in [6.45, 7) is 4.27. The van der Waals surface area contributed by atoms with Gasteiger partial charge in [0.2, 0.25) is 0 Å². The third-order valence-electron chi connectivity index (χ3n) is 7.74. The highest BCUT2D eigenvalue weighted by Crippen LogP contribution is 2.08. The molecule has 0 aromatic carbocycles. The van der Waals surface area contributed by atoms with Gasteiger partial charge in [0.15, 0.2) is 12.4 Å². The molecule has 0 radical (unpaired) electrons. The summed E-state index contributed by atoms with van der Waals surface area (Å²) < 4.78 is 22.3. The van der Waals surface area contributed by atoms with Crippen LogP contribution < -0.4 is 5.11 Å².